The molecule has 144 valence electrons. The van der Waals surface area contributed by atoms with Crippen LogP contribution in [0.1, 0.15) is 31.8 Å². The summed E-state index contributed by atoms with van der Waals surface area (Å²) < 4.78 is 1.11. The summed E-state index contributed by atoms with van der Waals surface area (Å²) in [7, 11) is 0. The minimum absolute atomic E-state index is 0.0819. The van der Waals surface area contributed by atoms with Crippen LogP contribution in [0.5, 0.6) is 0 Å². The van der Waals surface area contributed by atoms with Crippen molar-refractivity contribution in [2.75, 3.05) is 5.32 Å². The van der Waals surface area contributed by atoms with Crippen molar-refractivity contribution in [1.29, 1.82) is 0 Å². The monoisotopic (exact) mass is 401 g/mol. The Morgan fingerprint density at radius 3 is 2.45 bits per heavy atom. The van der Waals surface area contributed by atoms with Crippen molar-refractivity contribution in [3.63, 3.8) is 0 Å². The molecule has 0 fully saturated rings. The van der Waals surface area contributed by atoms with Crippen LogP contribution >= 0.6 is 11.3 Å². The Morgan fingerprint density at radius 1 is 0.862 bits per heavy atom. The summed E-state index contributed by atoms with van der Waals surface area (Å²) in [5.74, 6) is -1.39. The van der Waals surface area contributed by atoms with Crippen LogP contribution in [0.4, 0.5) is 5.69 Å². The number of hydrogen-bond donors (Lipinski definition) is 2. The Bertz CT molecular complexity index is 1180. The highest BCUT2D eigenvalue weighted by Gasteiger charge is 2.15. The molecular formula is C24H19NO3S. The predicted octanol–water partition coefficient (Wildman–Crippen LogP) is 5.64. The number of nitrogens with one attached hydrogen (secondary N) is 1. The Labute approximate surface area is 172 Å². The summed E-state index contributed by atoms with van der Waals surface area (Å²) in [6, 6.07) is 22.7. The second-order valence-electron chi connectivity index (χ2n) is 6.80. The maximum absolute atomic E-state index is 12.7. The molecule has 29 heavy (non-hydrogen) atoms. The van der Waals surface area contributed by atoms with Crippen molar-refractivity contribution < 1.29 is 14.7 Å². The topological polar surface area (TPSA) is 66.4 Å². The molecular weight excluding hydrogens is 382 g/mol. The maximum atomic E-state index is 12.7. The average Bonchev–Trinajstić information content (AvgIpc) is 3.21. The summed E-state index contributed by atoms with van der Waals surface area (Å²) in [6.07, 6.45) is 1.60. The molecule has 0 spiro atoms. The largest absolute Gasteiger partial charge is 0.478 e. The first-order chi connectivity index (χ1) is 14.1. The number of carboxylic acids is 1. The van der Waals surface area contributed by atoms with Crippen LogP contribution in [0.25, 0.3) is 10.1 Å². The van der Waals surface area contributed by atoms with Crippen LogP contribution in [0.15, 0.2) is 78.2 Å². The Hall–Kier alpha value is -3.44. The first-order valence-corrected chi connectivity index (χ1v) is 10.2. The lowest BCUT2D eigenvalue weighted by molar-refractivity contribution is 0.0698. The number of carbonyl (C=O) groups is 2. The number of amides is 1. The van der Waals surface area contributed by atoms with Crippen molar-refractivity contribution in [2.45, 2.75) is 12.8 Å². The highest BCUT2D eigenvalue weighted by molar-refractivity contribution is 7.17. The highest BCUT2D eigenvalue weighted by Crippen LogP contribution is 2.24. The number of aromatic carboxylic acids is 1. The zero-order valence-corrected chi connectivity index (χ0v) is 16.4. The first-order valence-electron chi connectivity index (χ1n) is 9.29. The van der Waals surface area contributed by atoms with E-state index in [0.29, 0.717) is 11.3 Å². The molecule has 0 aliphatic rings. The van der Waals surface area contributed by atoms with Gasteiger partial charge in [0.2, 0.25) is 0 Å². The van der Waals surface area contributed by atoms with E-state index >= 15 is 0 Å². The number of carboxylic acid groups (broad SMARTS) is 1. The first kappa shape index (κ1) is 18.9. The van der Waals surface area contributed by atoms with Gasteiger partial charge in [0, 0.05) is 10.3 Å². The molecule has 0 unspecified atom stereocenters. The molecule has 4 aromatic rings. The van der Waals surface area contributed by atoms with Crippen molar-refractivity contribution in [3.05, 3.63) is 100 Å². The number of benzene rings is 3. The number of thiophene rings is 1. The van der Waals surface area contributed by atoms with Crippen molar-refractivity contribution >= 4 is 39.0 Å². The molecule has 1 amide bonds. The van der Waals surface area contributed by atoms with Crippen LogP contribution in [0, 0.1) is 0 Å². The molecule has 0 radical (unpaired) electrons. The van der Waals surface area contributed by atoms with E-state index in [1.54, 1.807) is 35.6 Å². The summed E-state index contributed by atoms with van der Waals surface area (Å²) in [5, 5.41) is 15.3. The minimum Gasteiger partial charge on any atom is -0.478 e. The SMILES string of the molecule is O=C(Nc1cc(CCc2ccccc2)ccc1C(=O)O)c1ccc2sccc2c1. The molecule has 0 aliphatic carbocycles. The fourth-order valence-electron chi connectivity index (χ4n) is 3.27. The van der Waals surface area contributed by atoms with Gasteiger partial charge in [-0.05, 0) is 71.1 Å². The van der Waals surface area contributed by atoms with E-state index in [4.69, 9.17) is 0 Å². The fraction of sp³-hybridized carbons (Fsp3) is 0.0833. The number of aryl methyl sites for hydroxylation is 2. The molecule has 5 heteroatoms. The molecule has 1 aromatic heterocycles. The van der Waals surface area contributed by atoms with E-state index in [1.807, 2.05) is 41.8 Å². The van der Waals surface area contributed by atoms with Gasteiger partial charge < -0.3 is 10.4 Å². The summed E-state index contributed by atoms with van der Waals surface area (Å²) in [4.78, 5) is 24.4. The Kier molecular flexibility index (Phi) is 5.40. The molecule has 3 aromatic carbocycles. The van der Waals surface area contributed by atoms with Crippen LogP contribution in [-0.4, -0.2) is 17.0 Å². The molecule has 4 rings (SSSR count). The number of rotatable bonds is 6. The second-order valence-corrected chi connectivity index (χ2v) is 7.75. The highest BCUT2D eigenvalue weighted by atomic mass is 32.1. The van der Waals surface area contributed by atoms with E-state index in [1.165, 1.54) is 5.56 Å². The fourth-order valence-corrected chi connectivity index (χ4v) is 4.04. The standard InChI is InChI=1S/C24H19NO3S/c26-23(19-9-11-22-18(15-19)12-13-29-22)25-21-14-17(8-10-20(21)24(27)28)7-6-16-4-2-1-3-5-16/h1-5,8-15H,6-7H2,(H,25,26)(H,27,28). The third kappa shape index (κ3) is 4.36. The van der Waals surface area contributed by atoms with Gasteiger partial charge in [-0.25, -0.2) is 4.79 Å². The van der Waals surface area contributed by atoms with E-state index < -0.39 is 5.97 Å². The van der Waals surface area contributed by atoms with Crippen molar-refractivity contribution in [3.8, 4) is 0 Å². The second kappa shape index (κ2) is 8.29. The van der Waals surface area contributed by atoms with E-state index in [0.717, 1.165) is 28.5 Å². The Morgan fingerprint density at radius 2 is 1.66 bits per heavy atom. The predicted molar refractivity (Wildman–Crippen MR) is 117 cm³/mol. The molecule has 4 nitrogen and oxygen atoms in total. The lowest BCUT2D eigenvalue weighted by atomic mass is 10.0. The van der Waals surface area contributed by atoms with E-state index in [-0.39, 0.29) is 11.5 Å². The number of fused-ring (bicyclic) bond motifs is 1. The minimum atomic E-state index is -1.07. The van der Waals surface area contributed by atoms with Gasteiger partial charge in [0.25, 0.3) is 5.91 Å². The van der Waals surface area contributed by atoms with Gasteiger partial charge >= 0.3 is 5.97 Å². The Balaban J connectivity index is 1.56. The van der Waals surface area contributed by atoms with E-state index in [9.17, 15) is 14.7 Å². The van der Waals surface area contributed by atoms with Crippen LogP contribution < -0.4 is 5.32 Å². The quantitative estimate of drug-likeness (QED) is 0.440. The molecule has 0 saturated carbocycles. The van der Waals surface area contributed by atoms with Crippen LogP contribution in [-0.2, 0) is 12.8 Å². The third-order valence-electron chi connectivity index (χ3n) is 4.82. The molecule has 0 aliphatic heterocycles. The summed E-state index contributed by atoms with van der Waals surface area (Å²) >= 11 is 1.61. The zero-order valence-electron chi connectivity index (χ0n) is 15.6. The van der Waals surface area contributed by atoms with E-state index in [2.05, 4.69) is 17.4 Å². The molecule has 0 bridgehead atoms. The van der Waals surface area contributed by atoms with Crippen LogP contribution in [0.2, 0.25) is 0 Å². The van der Waals surface area contributed by atoms with Crippen molar-refractivity contribution in [2.24, 2.45) is 0 Å². The normalized spacial score (nSPS) is 10.8. The zero-order chi connectivity index (χ0) is 20.2. The number of hydrogen-bond acceptors (Lipinski definition) is 3. The van der Waals surface area contributed by atoms with Crippen LogP contribution in [0.3, 0.4) is 0 Å². The lowest BCUT2D eigenvalue weighted by Crippen LogP contribution is -2.15. The van der Waals surface area contributed by atoms with Gasteiger partial charge in [-0.3, -0.25) is 4.79 Å². The number of carbonyl (C=O) groups excluding carboxylic acids is 1. The van der Waals surface area contributed by atoms with Gasteiger partial charge in [-0.2, -0.15) is 0 Å². The molecule has 1 heterocycles. The van der Waals surface area contributed by atoms with Gasteiger partial charge in [0.05, 0.1) is 11.3 Å². The number of anilines is 1. The molecule has 2 N–H and O–H groups in total. The van der Waals surface area contributed by atoms with Crippen molar-refractivity contribution in [1.82, 2.24) is 0 Å². The van der Waals surface area contributed by atoms with Gasteiger partial charge in [-0.1, -0.05) is 36.4 Å². The van der Waals surface area contributed by atoms with Gasteiger partial charge in [-0.15, -0.1) is 11.3 Å². The van der Waals surface area contributed by atoms with Gasteiger partial charge in [0.1, 0.15) is 0 Å². The lowest BCUT2D eigenvalue weighted by Gasteiger charge is -2.11. The third-order valence-corrected chi connectivity index (χ3v) is 5.72. The molecule has 0 saturated heterocycles. The summed E-state index contributed by atoms with van der Waals surface area (Å²) in [5.41, 5.74) is 3.09. The summed E-state index contributed by atoms with van der Waals surface area (Å²) in [6.45, 7) is 0. The molecule has 0 atom stereocenters. The maximum Gasteiger partial charge on any atom is 0.337 e. The smallest absolute Gasteiger partial charge is 0.337 e. The van der Waals surface area contributed by atoms with Gasteiger partial charge in [0.15, 0.2) is 0 Å². The average molecular weight is 401 g/mol.